The topological polar surface area (TPSA) is 49.0 Å². The summed E-state index contributed by atoms with van der Waals surface area (Å²) in [6.45, 7) is 0.699. The molecule has 5 rings (SSSR count). The van der Waals surface area contributed by atoms with Gasteiger partial charge in [0.15, 0.2) is 0 Å². The number of amides is 1. The van der Waals surface area contributed by atoms with Crippen LogP contribution < -0.4 is 0 Å². The van der Waals surface area contributed by atoms with E-state index in [9.17, 15) is 4.79 Å². The smallest absolute Gasteiger partial charge is 0.233 e. The number of aromatic nitrogens is 2. The van der Waals surface area contributed by atoms with Crippen LogP contribution in [-0.4, -0.2) is 33.1 Å². The molecule has 0 spiro atoms. The molecule has 0 saturated carbocycles. The van der Waals surface area contributed by atoms with Gasteiger partial charge >= 0.3 is 0 Å². The Labute approximate surface area is 174 Å². The van der Waals surface area contributed by atoms with E-state index in [1.54, 1.807) is 18.0 Å². The van der Waals surface area contributed by atoms with Crippen LogP contribution >= 0.6 is 11.8 Å². The van der Waals surface area contributed by atoms with Crippen molar-refractivity contribution < 1.29 is 4.79 Å². The van der Waals surface area contributed by atoms with E-state index < -0.39 is 0 Å². The Hall–Kier alpha value is -3.05. The van der Waals surface area contributed by atoms with E-state index in [1.165, 1.54) is 10.9 Å². The molecule has 0 bridgehead atoms. The maximum atomic E-state index is 13.2. The number of pyridine rings is 1. The van der Waals surface area contributed by atoms with E-state index in [0.717, 1.165) is 28.2 Å². The molecule has 1 amide bonds. The molecular formula is C24H21N3OS. The van der Waals surface area contributed by atoms with Crippen molar-refractivity contribution in [3.8, 4) is 0 Å². The molecule has 0 aliphatic carbocycles. The minimum absolute atomic E-state index is 0.138. The van der Waals surface area contributed by atoms with Gasteiger partial charge in [0.2, 0.25) is 5.91 Å². The average Bonchev–Trinajstić information content (AvgIpc) is 3.17. The first kappa shape index (κ1) is 18.0. The monoisotopic (exact) mass is 399 g/mol. The van der Waals surface area contributed by atoms with Crippen LogP contribution in [0.3, 0.4) is 0 Å². The normalized spacial score (nSPS) is 16.0. The van der Waals surface area contributed by atoms with Crippen molar-refractivity contribution in [1.29, 1.82) is 0 Å². The lowest BCUT2D eigenvalue weighted by Crippen LogP contribution is -2.41. The Morgan fingerprint density at radius 2 is 1.83 bits per heavy atom. The van der Waals surface area contributed by atoms with E-state index >= 15 is 0 Å². The summed E-state index contributed by atoms with van der Waals surface area (Å²) in [4.78, 5) is 24.5. The minimum Gasteiger partial charge on any atom is -0.356 e. The predicted molar refractivity (Wildman–Crippen MR) is 117 cm³/mol. The van der Waals surface area contributed by atoms with Gasteiger partial charge in [0.05, 0.1) is 11.4 Å². The highest BCUT2D eigenvalue weighted by molar-refractivity contribution is 8.00. The highest BCUT2D eigenvalue weighted by Gasteiger charge is 2.35. The number of thioether (sulfide) groups is 1. The summed E-state index contributed by atoms with van der Waals surface area (Å²) in [6.07, 6.45) is 2.65. The van der Waals surface area contributed by atoms with Crippen molar-refractivity contribution in [3.63, 3.8) is 0 Å². The molecule has 144 valence electrons. The molecule has 5 heteroatoms. The predicted octanol–water partition coefficient (Wildman–Crippen LogP) is 4.83. The molecule has 1 atom stereocenters. The van der Waals surface area contributed by atoms with Crippen molar-refractivity contribution in [2.45, 2.75) is 17.4 Å². The molecule has 3 heterocycles. The number of fused-ring (bicyclic) bond motifs is 3. The molecule has 1 aliphatic heterocycles. The molecule has 0 saturated heterocycles. The van der Waals surface area contributed by atoms with Crippen molar-refractivity contribution in [2.75, 3.05) is 12.3 Å². The van der Waals surface area contributed by atoms with Gasteiger partial charge in [-0.25, -0.2) is 0 Å². The van der Waals surface area contributed by atoms with E-state index in [1.807, 2.05) is 59.5 Å². The van der Waals surface area contributed by atoms with Gasteiger partial charge in [0.25, 0.3) is 0 Å². The fourth-order valence-electron chi connectivity index (χ4n) is 4.10. The lowest BCUT2D eigenvalue weighted by atomic mass is 9.95. The molecule has 2 aromatic carbocycles. The lowest BCUT2D eigenvalue weighted by molar-refractivity contribution is -0.130. The average molecular weight is 400 g/mol. The largest absolute Gasteiger partial charge is 0.356 e. The maximum Gasteiger partial charge on any atom is 0.233 e. The second kappa shape index (κ2) is 7.76. The summed E-state index contributed by atoms with van der Waals surface area (Å²) in [5.74, 6) is 0.557. The van der Waals surface area contributed by atoms with Crippen LogP contribution in [0.25, 0.3) is 10.9 Å². The SMILES string of the molecule is O=C(CSc1ccccc1)N1CCc2c([nH]c3ccccc23)C1c1ccccn1. The fraction of sp³-hybridized carbons (Fsp3) is 0.167. The molecular weight excluding hydrogens is 378 g/mol. The number of aromatic amines is 1. The number of para-hydroxylation sites is 1. The fourth-order valence-corrected chi connectivity index (χ4v) is 4.91. The maximum absolute atomic E-state index is 13.2. The van der Waals surface area contributed by atoms with Crippen molar-refractivity contribution >= 4 is 28.6 Å². The van der Waals surface area contributed by atoms with Crippen LogP contribution in [0.15, 0.2) is 83.9 Å². The number of hydrogen-bond donors (Lipinski definition) is 1. The van der Waals surface area contributed by atoms with Gasteiger partial charge in [-0.1, -0.05) is 42.5 Å². The van der Waals surface area contributed by atoms with Gasteiger partial charge < -0.3 is 9.88 Å². The van der Waals surface area contributed by atoms with Gasteiger partial charge in [-0.2, -0.15) is 0 Å². The third-order valence-electron chi connectivity index (χ3n) is 5.43. The molecule has 0 fully saturated rings. The molecule has 4 nitrogen and oxygen atoms in total. The zero-order valence-corrected chi connectivity index (χ0v) is 16.7. The molecule has 1 unspecified atom stereocenters. The summed E-state index contributed by atoms with van der Waals surface area (Å²) in [6, 6.07) is 24.2. The molecule has 0 radical (unpaired) electrons. The Balaban J connectivity index is 1.50. The van der Waals surface area contributed by atoms with Crippen molar-refractivity contribution in [1.82, 2.24) is 14.9 Å². The zero-order chi connectivity index (χ0) is 19.6. The van der Waals surface area contributed by atoms with Gasteiger partial charge in [0, 0.05) is 34.2 Å². The summed E-state index contributed by atoms with van der Waals surface area (Å²) in [7, 11) is 0. The van der Waals surface area contributed by atoms with Crippen LogP contribution in [0.1, 0.15) is 23.0 Å². The van der Waals surface area contributed by atoms with E-state index in [0.29, 0.717) is 12.3 Å². The Kier molecular flexibility index (Phi) is 4.82. The highest BCUT2D eigenvalue weighted by Crippen LogP contribution is 2.38. The first-order chi connectivity index (χ1) is 14.3. The van der Waals surface area contributed by atoms with Gasteiger partial charge in [-0.3, -0.25) is 9.78 Å². The number of H-pyrrole nitrogens is 1. The zero-order valence-electron chi connectivity index (χ0n) is 15.9. The van der Waals surface area contributed by atoms with Crippen LogP contribution in [0.4, 0.5) is 0 Å². The first-order valence-corrected chi connectivity index (χ1v) is 10.8. The third kappa shape index (κ3) is 3.42. The number of rotatable bonds is 4. The number of carbonyl (C=O) groups is 1. The molecule has 2 aromatic heterocycles. The van der Waals surface area contributed by atoms with Gasteiger partial charge in [-0.15, -0.1) is 11.8 Å². The Morgan fingerprint density at radius 1 is 1.03 bits per heavy atom. The standard InChI is InChI=1S/C24H21N3OS/c28-22(16-29-17-8-2-1-3-9-17)27-15-13-19-18-10-4-5-11-20(18)26-23(19)24(27)21-12-6-7-14-25-21/h1-12,14,24,26H,13,15-16H2. The summed E-state index contributed by atoms with van der Waals surface area (Å²) in [5.41, 5.74) is 4.41. The second-order valence-electron chi connectivity index (χ2n) is 7.16. The quantitative estimate of drug-likeness (QED) is 0.500. The number of carbonyl (C=O) groups excluding carboxylic acids is 1. The first-order valence-electron chi connectivity index (χ1n) is 9.79. The summed E-state index contributed by atoms with van der Waals surface area (Å²) >= 11 is 1.58. The van der Waals surface area contributed by atoms with Gasteiger partial charge in [-0.05, 0) is 42.3 Å². The lowest BCUT2D eigenvalue weighted by Gasteiger charge is -2.35. The summed E-state index contributed by atoms with van der Waals surface area (Å²) < 4.78 is 0. The van der Waals surface area contributed by atoms with E-state index in [-0.39, 0.29) is 11.9 Å². The minimum atomic E-state index is -0.184. The number of nitrogens with zero attached hydrogens (tertiary/aromatic N) is 2. The number of benzene rings is 2. The van der Waals surface area contributed by atoms with Crippen molar-refractivity contribution in [2.24, 2.45) is 0 Å². The second-order valence-corrected chi connectivity index (χ2v) is 8.21. The van der Waals surface area contributed by atoms with Crippen LogP contribution in [-0.2, 0) is 11.2 Å². The molecule has 4 aromatic rings. The molecule has 1 N–H and O–H groups in total. The number of hydrogen-bond acceptors (Lipinski definition) is 3. The van der Waals surface area contributed by atoms with Crippen LogP contribution in [0, 0.1) is 0 Å². The van der Waals surface area contributed by atoms with E-state index in [2.05, 4.69) is 28.2 Å². The van der Waals surface area contributed by atoms with Crippen LogP contribution in [0.2, 0.25) is 0 Å². The summed E-state index contributed by atoms with van der Waals surface area (Å²) in [5, 5.41) is 1.24. The number of nitrogens with one attached hydrogen (secondary N) is 1. The van der Waals surface area contributed by atoms with E-state index in [4.69, 9.17) is 0 Å². The Bertz CT molecular complexity index is 1140. The molecule has 1 aliphatic rings. The third-order valence-corrected chi connectivity index (χ3v) is 6.43. The van der Waals surface area contributed by atoms with Crippen LogP contribution in [0.5, 0.6) is 0 Å². The highest BCUT2D eigenvalue weighted by atomic mass is 32.2. The van der Waals surface area contributed by atoms with Gasteiger partial charge in [0.1, 0.15) is 6.04 Å². The Morgan fingerprint density at radius 3 is 2.66 bits per heavy atom. The van der Waals surface area contributed by atoms with Crippen molar-refractivity contribution in [3.05, 3.63) is 95.9 Å². The molecule has 29 heavy (non-hydrogen) atoms.